The molecule has 2 aromatic heterocycles. The number of rotatable bonds is 4. The van der Waals surface area contributed by atoms with E-state index in [1.807, 2.05) is 20.8 Å². The lowest BCUT2D eigenvalue weighted by atomic mass is 9.97. The van der Waals surface area contributed by atoms with Crippen molar-refractivity contribution < 1.29 is 13.9 Å². The number of hydrogen-bond acceptors (Lipinski definition) is 6. The van der Waals surface area contributed by atoms with Gasteiger partial charge in [0.2, 0.25) is 5.89 Å². The molecule has 0 atom stereocenters. The number of ether oxygens (including phenoxy) is 1. The van der Waals surface area contributed by atoms with Crippen molar-refractivity contribution in [1.29, 1.82) is 0 Å². The number of esters is 1. The molecule has 0 saturated heterocycles. The standard InChI is InChI=1S/C23H19Cl3N4O3/c1-12(31)32-20-18(21-27-28-22(33-21)23(2,3)4)29-30(17-10-9-15(25)11-16(17)26)19(20)13-5-7-14(24)8-6-13/h5-11H,1-4H3. The van der Waals surface area contributed by atoms with Gasteiger partial charge in [-0.25, -0.2) is 4.68 Å². The molecule has 10 heteroatoms. The molecule has 0 fully saturated rings. The summed E-state index contributed by atoms with van der Waals surface area (Å²) in [6.45, 7) is 7.14. The third-order valence-corrected chi connectivity index (χ3v) is 5.40. The molecule has 4 rings (SSSR count). The molecular formula is C23H19Cl3N4O3. The molecule has 0 radical (unpaired) electrons. The highest BCUT2D eigenvalue weighted by Gasteiger charge is 2.30. The Hall–Kier alpha value is -2.87. The third kappa shape index (κ3) is 4.76. The van der Waals surface area contributed by atoms with Crippen LogP contribution in [0, 0.1) is 0 Å². The monoisotopic (exact) mass is 504 g/mol. The molecule has 0 spiro atoms. The van der Waals surface area contributed by atoms with Crippen molar-refractivity contribution in [2.75, 3.05) is 0 Å². The molecule has 2 heterocycles. The number of carbonyl (C=O) groups excluding carboxylic acids is 1. The van der Waals surface area contributed by atoms with E-state index in [0.717, 1.165) is 0 Å². The van der Waals surface area contributed by atoms with Crippen LogP contribution in [0.3, 0.4) is 0 Å². The highest BCUT2D eigenvalue weighted by Crippen LogP contribution is 2.42. The molecule has 0 amide bonds. The quantitative estimate of drug-likeness (QED) is 0.285. The van der Waals surface area contributed by atoms with E-state index in [4.69, 9.17) is 44.0 Å². The van der Waals surface area contributed by atoms with Crippen LogP contribution in [0.2, 0.25) is 15.1 Å². The smallest absolute Gasteiger partial charge is 0.308 e. The van der Waals surface area contributed by atoms with Crippen LogP contribution in [0.15, 0.2) is 46.9 Å². The maximum atomic E-state index is 12.1. The predicted octanol–water partition coefficient (Wildman–Crippen LogP) is 6.77. The summed E-state index contributed by atoms with van der Waals surface area (Å²) in [6, 6.07) is 12.0. The molecule has 0 saturated carbocycles. The van der Waals surface area contributed by atoms with Gasteiger partial charge in [-0.05, 0) is 30.3 Å². The number of benzene rings is 2. The van der Waals surface area contributed by atoms with Gasteiger partial charge in [0.05, 0.1) is 10.7 Å². The Bertz CT molecular complexity index is 1340. The lowest BCUT2D eigenvalue weighted by Gasteiger charge is -2.11. The minimum Gasteiger partial charge on any atom is -0.422 e. The summed E-state index contributed by atoms with van der Waals surface area (Å²) in [5, 5.41) is 14.3. The molecule has 170 valence electrons. The van der Waals surface area contributed by atoms with E-state index < -0.39 is 5.97 Å². The minimum atomic E-state index is -0.538. The zero-order valence-electron chi connectivity index (χ0n) is 18.2. The number of hydrogen-bond donors (Lipinski definition) is 0. The second-order valence-electron chi connectivity index (χ2n) is 8.30. The summed E-state index contributed by atoms with van der Waals surface area (Å²) in [7, 11) is 0. The van der Waals surface area contributed by atoms with Crippen LogP contribution in [0.4, 0.5) is 0 Å². The van der Waals surface area contributed by atoms with Crippen molar-refractivity contribution in [3.63, 3.8) is 0 Å². The number of aromatic nitrogens is 4. The molecule has 4 aromatic rings. The fourth-order valence-corrected chi connectivity index (χ4v) is 3.71. The molecule has 7 nitrogen and oxygen atoms in total. The average molecular weight is 506 g/mol. The molecule has 0 N–H and O–H groups in total. The van der Waals surface area contributed by atoms with E-state index in [1.165, 1.54) is 6.92 Å². The first kappa shape index (κ1) is 23.3. The lowest BCUT2D eigenvalue weighted by Crippen LogP contribution is -2.11. The topological polar surface area (TPSA) is 83.0 Å². The first-order chi connectivity index (χ1) is 15.5. The zero-order valence-corrected chi connectivity index (χ0v) is 20.5. The maximum Gasteiger partial charge on any atom is 0.308 e. The Morgan fingerprint density at radius 3 is 2.24 bits per heavy atom. The van der Waals surface area contributed by atoms with Crippen LogP contribution in [0.25, 0.3) is 28.5 Å². The van der Waals surface area contributed by atoms with Gasteiger partial charge in [0, 0.05) is 27.9 Å². The molecule has 0 unspecified atom stereocenters. The Balaban J connectivity index is 2.04. The minimum absolute atomic E-state index is 0.107. The van der Waals surface area contributed by atoms with Crippen LogP contribution < -0.4 is 4.74 Å². The van der Waals surface area contributed by atoms with Gasteiger partial charge < -0.3 is 9.15 Å². The third-order valence-electron chi connectivity index (χ3n) is 4.61. The number of carbonyl (C=O) groups is 1. The maximum absolute atomic E-state index is 12.1. The van der Waals surface area contributed by atoms with Gasteiger partial charge in [0.1, 0.15) is 5.69 Å². The largest absolute Gasteiger partial charge is 0.422 e. The molecule has 0 aliphatic rings. The predicted molar refractivity (Wildman–Crippen MR) is 127 cm³/mol. The molecule has 0 bridgehead atoms. The number of nitrogens with zero attached hydrogens (tertiary/aromatic N) is 4. The van der Waals surface area contributed by atoms with Gasteiger partial charge in [-0.15, -0.1) is 10.2 Å². The molecular weight excluding hydrogens is 487 g/mol. The summed E-state index contributed by atoms with van der Waals surface area (Å²) < 4.78 is 13.1. The van der Waals surface area contributed by atoms with Crippen molar-refractivity contribution in [3.05, 3.63) is 63.4 Å². The average Bonchev–Trinajstić information content (AvgIpc) is 3.34. The van der Waals surface area contributed by atoms with Crippen molar-refractivity contribution in [2.45, 2.75) is 33.1 Å². The summed E-state index contributed by atoms with van der Waals surface area (Å²) in [5.74, 6) is 0.136. The summed E-state index contributed by atoms with van der Waals surface area (Å²) >= 11 is 18.7. The van der Waals surface area contributed by atoms with Crippen molar-refractivity contribution in [2.24, 2.45) is 0 Å². The highest BCUT2D eigenvalue weighted by atomic mass is 35.5. The first-order valence-electron chi connectivity index (χ1n) is 9.92. The summed E-state index contributed by atoms with van der Waals surface area (Å²) in [6.07, 6.45) is 0. The van der Waals surface area contributed by atoms with E-state index in [9.17, 15) is 4.79 Å². The zero-order chi connectivity index (χ0) is 23.9. The van der Waals surface area contributed by atoms with Crippen LogP contribution in [0.5, 0.6) is 5.75 Å². The molecule has 0 aliphatic heterocycles. The summed E-state index contributed by atoms with van der Waals surface area (Å²) in [5.41, 5.74) is 1.46. The highest BCUT2D eigenvalue weighted by molar-refractivity contribution is 6.35. The van der Waals surface area contributed by atoms with Gasteiger partial charge >= 0.3 is 5.97 Å². The molecule has 0 aliphatic carbocycles. The summed E-state index contributed by atoms with van der Waals surface area (Å²) in [4.78, 5) is 12.1. The van der Waals surface area contributed by atoms with Crippen LogP contribution in [-0.4, -0.2) is 25.9 Å². The van der Waals surface area contributed by atoms with Crippen LogP contribution in [-0.2, 0) is 10.2 Å². The van der Waals surface area contributed by atoms with Gasteiger partial charge in [-0.3, -0.25) is 4.79 Å². The van der Waals surface area contributed by atoms with E-state index >= 15 is 0 Å². The first-order valence-corrected chi connectivity index (χ1v) is 11.0. The van der Waals surface area contributed by atoms with E-state index in [0.29, 0.717) is 37.9 Å². The normalized spacial score (nSPS) is 11.6. The Morgan fingerprint density at radius 1 is 1.00 bits per heavy atom. The van der Waals surface area contributed by atoms with Crippen LogP contribution >= 0.6 is 34.8 Å². The van der Waals surface area contributed by atoms with E-state index in [-0.39, 0.29) is 22.7 Å². The van der Waals surface area contributed by atoms with Gasteiger partial charge in [0.25, 0.3) is 5.89 Å². The second kappa shape index (κ2) is 8.82. The van der Waals surface area contributed by atoms with Gasteiger partial charge in [-0.1, -0.05) is 67.7 Å². The lowest BCUT2D eigenvalue weighted by molar-refractivity contribution is -0.131. The fraction of sp³-hybridized carbons (Fsp3) is 0.217. The van der Waals surface area contributed by atoms with Gasteiger partial charge in [-0.2, -0.15) is 5.10 Å². The van der Waals surface area contributed by atoms with Crippen molar-refractivity contribution >= 4 is 40.8 Å². The Labute approximate surface area is 205 Å². The molecule has 33 heavy (non-hydrogen) atoms. The Morgan fingerprint density at radius 2 is 1.67 bits per heavy atom. The second-order valence-corrected chi connectivity index (χ2v) is 9.58. The number of halogens is 3. The fourth-order valence-electron chi connectivity index (χ4n) is 3.09. The Kier molecular flexibility index (Phi) is 6.22. The van der Waals surface area contributed by atoms with Crippen molar-refractivity contribution in [3.8, 4) is 34.3 Å². The van der Waals surface area contributed by atoms with Crippen molar-refractivity contribution in [1.82, 2.24) is 20.0 Å². The van der Waals surface area contributed by atoms with Crippen LogP contribution in [0.1, 0.15) is 33.6 Å². The molecule has 2 aromatic carbocycles. The SMILES string of the molecule is CC(=O)Oc1c(-c2nnc(C(C)(C)C)o2)nn(-c2ccc(Cl)cc2Cl)c1-c1ccc(Cl)cc1. The van der Waals surface area contributed by atoms with Gasteiger partial charge in [0.15, 0.2) is 11.4 Å². The van der Waals surface area contributed by atoms with E-state index in [1.54, 1.807) is 47.1 Å². The van der Waals surface area contributed by atoms with E-state index in [2.05, 4.69) is 15.3 Å².